The SMILES string of the molecule is CN1C(=O)c2cccc(NC(=O)CCSc3ccc(Cl)cc3)c2C1=O. The lowest BCUT2D eigenvalue weighted by Crippen LogP contribution is -2.24. The maximum Gasteiger partial charge on any atom is 0.263 e. The van der Waals surface area contributed by atoms with E-state index in [4.69, 9.17) is 11.6 Å². The van der Waals surface area contributed by atoms with Crippen LogP contribution in [-0.2, 0) is 4.79 Å². The molecule has 1 N–H and O–H groups in total. The van der Waals surface area contributed by atoms with E-state index in [0.29, 0.717) is 22.0 Å². The van der Waals surface area contributed by atoms with Crippen molar-refractivity contribution in [1.29, 1.82) is 0 Å². The van der Waals surface area contributed by atoms with Crippen molar-refractivity contribution in [2.45, 2.75) is 11.3 Å². The summed E-state index contributed by atoms with van der Waals surface area (Å²) in [4.78, 5) is 38.4. The number of anilines is 1. The van der Waals surface area contributed by atoms with Gasteiger partial charge in [-0.3, -0.25) is 19.3 Å². The standard InChI is InChI=1S/C18H15ClN2O3S/c1-21-17(23)13-3-2-4-14(16(13)18(21)24)20-15(22)9-10-25-12-7-5-11(19)6-8-12/h2-8H,9-10H2,1H3,(H,20,22). The maximum absolute atomic E-state index is 12.2. The van der Waals surface area contributed by atoms with Gasteiger partial charge in [-0.2, -0.15) is 0 Å². The van der Waals surface area contributed by atoms with E-state index >= 15 is 0 Å². The zero-order chi connectivity index (χ0) is 18.0. The monoisotopic (exact) mass is 374 g/mol. The summed E-state index contributed by atoms with van der Waals surface area (Å²) in [5.41, 5.74) is 0.955. The molecule has 2 aromatic carbocycles. The van der Waals surface area contributed by atoms with E-state index < -0.39 is 5.91 Å². The Morgan fingerprint density at radius 1 is 1.12 bits per heavy atom. The van der Waals surface area contributed by atoms with Crippen LogP contribution in [0, 0.1) is 0 Å². The number of hydrogen-bond acceptors (Lipinski definition) is 4. The zero-order valence-electron chi connectivity index (χ0n) is 13.4. The fraction of sp³-hybridized carbons (Fsp3) is 0.167. The molecular formula is C18H15ClN2O3S. The van der Waals surface area contributed by atoms with Crippen LogP contribution in [0.15, 0.2) is 47.4 Å². The fourth-order valence-electron chi connectivity index (χ4n) is 2.51. The van der Waals surface area contributed by atoms with Crippen LogP contribution < -0.4 is 5.32 Å². The number of halogens is 1. The number of rotatable bonds is 5. The lowest BCUT2D eigenvalue weighted by atomic mass is 10.1. The summed E-state index contributed by atoms with van der Waals surface area (Å²) in [7, 11) is 1.43. The average Bonchev–Trinajstić information content (AvgIpc) is 2.82. The van der Waals surface area contributed by atoms with Gasteiger partial charge in [-0.25, -0.2) is 0 Å². The molecule has 0 fully saturated rings. The second-order valence-corrected chi connectivity index (χ2v) is 7.10. The van der Waals surface area contributed by atoms with E-state index in [9.17, 15) is 14.4 Å². The van der Waals surface area contributed by atoms with E-state index in [0.717, 1.165) is 9.80 Å². The largest absolute Gasteiger partial charge is 0.325 e. The first-order valence-corrected chi connectivity index (χ1v) is 8.97. The fourth-order valence-corrected chi connectivity index (χ4v) is 3.49. The Balaban J connectivity index is 1.62. The normalized spacial score (nSPS) is 13.1. The third-order valence-electron chi connectivity index (χ3n) is 3.80. The third kappa shape index (κ3) is 3.70. The van der Waals surface area contributed by atoms with Crippen molar-refractivity contribution in [3.63, 3.8) is 0 Å². The van der Waals surface area contributed by atoms with Crippen molar-refractivity contribution in [3.05, 3.63) is 58.6 Å². The van der Waals surface area contributed by atoms with Crippen LogP contribution in [-0.4, -0.2) is 35.4 Å². The average molecular weight is 375 g/mol. The van der Waals surface area contributed by atoms with Crippen LogP contribution >= 0.6 is 23.4 Å². The minimum atomic E-state index is -0.397. The van der Waals surface area contributed by atoms with Gasteiger partial charge in [-0.05, 0) is 36.4 Å². The molecule has 0 radical (unpaired) electrons. The lowest BCUT2D eigenvalue weighted by molar-refractivity contribution is -0.115. The second kappa shape index (κ2) is 7.29. The molecule has 0 aromatic heterocycles. The highest BCUT2D eigenvalue weighted by molar-refractivity contribution is 7.99. The molecule has 2 aromatic rings. The van der Waals surface area contributed by atoms with Gasteiger partial charge in [0.15, 0.2) is 0 Å². The van der Waals surface area contributed by atoms with E-state index in [1.807, 2.05) is 12.1 Å². The molecule has 7 heteroatoms. The highest BCUT2D eigenvalue weighted by Crippen LogP contribution is 2.28. The first kappa shape index (κ1) is 17.5. The molecule has 3 rings (SSSR count). The minimum absolute atomic E-state index is 0.204. The predicted molar refractivity (Wildman–Crippen MR) is 98.3 cm³/mol. The molecule has 0 saturated heterocycles. The van der Waals surface area contributed by atoms with Gasteiger partial charge in [0.05, 0.1) is 16.8 Å². The number of carbonyl (C=O) groups is 3. The number of nitrogens with zero attached hydrogens (tertiary/aromatic N) is 1. The molecule has 1 aliphatic rings. The van der Waals surface area contributed by atoms with Crippen molar-refractivity contribution in [3.8, 4) is 0 Å². The molecule has 0 atom stereocenters. The zero-order valence-corrected chi connectivity index (χ0v) is 15.0. The van der Waals surface area contributed by atoms with Crippen LogP contribution in [0.5, 0.6) is 0 Å². The number of fused-ring (bicyclic) bond motifs is 1. The summed E-state index contributed by atoms with van der Waals surface area (Å²) < 4.78 is 0. The lowest BCUT2D eigenvalue weighted by Gasteiger charge is -2.09. The first-order chi connectivity index (χ1) is 12.0. The Hall–Kier alpha value is -2.31. The number of imide groups is 1. The molecule has 0 saturated carbocycles. The third-order valence-corrected chi connectivity index (χ3v) is 5.07. The molecule has 0 bridgehead atoms. The number of benzene rings is 2. The highest BCUT2D eigenvalue weighted by Gasteiger charge is 2.35. The molecule has 0 unspecified atom stereocenters. The summed E-state index contributed by atoms with van der Waals surface area (Å²) in [5.74, 6) is -0.361. The van der Waals surface area contributed by atoms with Gasteiger partial charge in [-0.15, -0.1) is 11.8 Å². The van der Waals surface area contributed by atoms with Gasteiger partial charge in [0.2, 0.25) is 5.91 Å². The molecule has 128 valence electrons. The molecule has 0 aliphatic carbocycles. The summed E-state index contributed by atoms with van der Waals surface area (Å²) in [6.07, 6.45) is 0.287. The van der Waals surface area contributed by atoms with Gasteiger partial charge in [0, 0.05) is 29.1 Å². The van der Waals surface area contributed by atoms with E-state index in [2.05, 4.69) is 5.32 Å². The topological polar surface area (TPSA) is 66.5 Å². The van der Waals surface area contributed by atoms with Gasteiger partial charge in [0.1, 0.15) is 0 Å². The van der Waals surface area contributed by atoms with E-state index in [1.54, 1.807) is 42.1 Å². The van der Waals surface area contributed by atoms with Gasteiger partial charge < -0.3 is 5.32 Å². The summed E-state index contributed by atoms with van der Waals surface area (Å²) in [5, 5.41) is 3.41. The predicted octanol–water partition coefficient (Wildman–Crippen LogP) is 3.69. The number of nitrogens with one attached hydrogen (secondary N) is 1. The van der Waals surface area contributed by atoms with Gasteiger partial charge in [-0.1, -0.05) is 17.7 Å². The van der Waals surface area contributed by atoms with Crippen LogP contribution in [0.3, 0.4) is 0 Å². The van der Waals surface area contributed by atoms with Crippen LogP contribution in [0.1, 0.15) is 27.1 Å². The van der Waals surface area contributed by atoms with Gasteiger partial charge in [0.25, 0.3) is 11.8 Å². The van der Waals surface area contributed by atoms with Crippen molar-refractivity contribution >= 4 is 46.8 Å². The molecular weight excluding hydrogens is 360 g/mol. The smallest absolute Gasteiger partial charge is 0.263 e. The molecule has 0 spiro atoms. The van der Waals surface area contributed by atoms with Crippen LogP contribution in [0.25, 0.3) is 0 Å². The van der Waals surface area contributed by atoms with E-state index in [1.165, 1.54) is 7.05 Å². The number of hydrogen-bond donors (Lipinski definition) is 1. The highest BCUT2D eigenvalue weighted by atomic mass is 35.5. The Kier molecular flexibility index (Phi) is 5.11. The number of carbonyl (C=O) groups excluding carboxylic acids is 3. The van der Waals surface area contributed by atoms with Crippen LogP contribution in [0.4, 0.5) is 5.69 Å². The Morgan fingerprint density at radius 2 is 1.84 bits per heavy atom. The minimum Gasteiger partial charge on any atom is -0.325 e. The van der Waals surface area contributed by atoms with Crippen molar-refractivity contribution in [1.82, 2.24) is 4.90 Å². The Bertz CT molecular complexity index is 852. The summed E-state index contributed by atoms with van der Waals surface area (Å²) >= 11 is 7.38. The number of amides is 3. The van der Waals surface area contributed by atoms with Gasteiger partial charge >= 0.3 is 0 Å². The number of thioether (sulfide) groups is 1. The van der Waals surface area contributed by atoms with Crippen molar-refractivity contribution in [2.75, 3.05) is 18.1 Å². The second-order valence-electron chi connectivity index (χ2n) is 5.50. The van der Waals surface area contributed by atoms with Crippen molar-refractivity contribution < 1.29 is 14.4 Å². The molecule has 5 nitrogen and oxygen atoms in total. The molecule has 25 heavy (non-hydrogen) atoms. The quantitative estimate of drug-likeness (QED) is 0.640. The van der Waals surface area contributed by atoms with Crippen molar-refractivity contribution in [2.24, 2.45) is 0 Å². The summed E-state index contributed by atoms with van der Waals surface area (Å²) in [6.45, 7) is 0. The maximum atomic E-state index is 12.2. The molecule has 1 heterocycles. The van der Waals surface area contributed by atoms with Crippen LogP contribution in [0.2, 0.25) is 5.02 Å². The summed E-state index contributed by atoms with van der Waals surface area (Å²) in [6, 6.07) is 12.3. The Morgan fingerprint density at radius 3 is 2.56 bits per heavy atom. The first-order valence-electron chi connectivity index (χ1n) is 7.61. The Labute approximate surface area is 154 Å². The molecule has 1 aliphatic heterocycles. The molecule has 3 amide bonds. The van der Waals surface area contributed by atoms with E-state index in [-0.39, 0.29) is 23.8 Å².